The zero-order valence-electron chi connectivity index (χ0n) is 8.72. The molecule has 5 nitrogen and oxygen atoms in total. The molecule has 1 saturated heterocycles. The molecule has 15 heavy (non-hydrogen) atoms. The van der Waals surface area contributed by atoms with Gasteiger partial charge in [-0.2, -0.15) is 0 Å². The molecule has 0 bridgehead atoms. The summed E-state index contributed by atoms with van der Waals surface area (Å²) >= 11 is 0. The lowest BCUT2D eigenvalue weighted by Gasteiger charge is -2.26. The van der Waals surface area contributed by atoms with Crippen molar-refractivity contribution < 1.29 is 5.21 Å². The third-order valence-electron chi connectivity index (χ3n) is 2.53. The molecule has 1 aliphatic heterocycles. The Hall–Kier alpha value is -1.65. The van der Waals surface area contributed by atoms with Gasteiger partial charge in [-0.3, -0.25) is 0 Å². The Labute approximate surface area is 88.5 Å². The highest BCUT2D eigenvalue weighted by Gasteiger charge is 2.17. The van der Waals surface area contributed by atoms with Crippen LogP contribution in [0.2, 0.25) is 0 Å². The second-order valence-corrected chi connectivity index (χ2v) is 3.71. The molecule has 0 unspecified atom stereocenters. The van der Waals surface area contributed by atoms with Crippen LogP contribution in [0.5, 0.6) is 0 Å². The molecule has 80 valence electrons. The molecule has 1 aromatic heterocycles. The first-order valence-corrected chi connectivity index (χ1v) is 5.03. The Morgan fingerprint density at radius 3 is 2.40 bits per heavy atom. The number of nitrogens with zero attached hydrogens (tertiary/aromatic N) is 4. The van der Waals surface area contributed by atoms with Gasteiger partial charge in [0.15, 0.2) is 0 Å². The van der Waals surface area contributed by atoms with Gasteiger partial charge in [0.05, 0.1) is 5.71 Å². The minimum absolute atomic E-state index is 0.762. The van der Waals surface area contributed by atoms with E-state index < -0.39 is 0 Å². The zero-order valence-corrected chi connectivity index (χ0v) is 8.72. The van der Waals surface area contributed by atoms with E-state index in [2.05, 4.69) is 20.0 Å². The molecule has 0 atom stereocenters. The summed E-state index contributed by atoms with van der Waals surface area (Å²) < 4.78 is 0. The summed E-state index contributed by atoms with van der Waals surface area (Å²) in [4.78, 5) is 10.6. The van der Waals surface area contributed by atoms with Crippen LogP contribution in [0, 0.1) is 6.92 Å². The van der Waals surface area contributed by atoms with Gasteiger partial charge in [-0.05, 0) is 12.5 Å². The van der Waals surface area contributed by atoms with Gasteiger partial charge >= 0.3 is 0 Å². The smallest absolute Gasteiger partial charge is 0.225 e. The van der Waals surface area contributed by atoms with E-state index in [0.717, 1.165) is 43.2 Å². The maximum Gasteiger partial charge on any atom is 0.225 e. The van der Waals surface area contributed by atoms with Crippen molar-refractivity contribution in [2.75, 3.05) is 18.0 Å². The van der Waals surface area contributed by atoms with Gasteiger partial charge in [0.2, 0.25) is 5.95 Å². The van der Waals surface area contributed by atoms with Crippen molar-refractivity contribution in [2.24, 2.45) is 5.16 Å². The molecule has 0 aromatic carbocycles. The predicted molar refractivity (Wildman–Crippen MR) is 57.4 cm³/mol. The minimum Gasteiger partial charge on any atom is -0.411 e. The molecule has 2 rings (SSSR count). The zero-order chi connectivity index (χ0) is 10.7. The number of rotatable bonds is 1. The van der Waals surface area contributed by atoms with Gasteiger partial charge in [0.25, 0.3) is 0 Å². The van der Waals surface area contributed by atoms with E-state index in [1.54, 1.807) is 0 Å². The number of aromatic nitrogens is 2. The van der Waals surface area contributed by atoms with Crippen LogP contribution in [0.25, 0.3) is 0 Å². The Bertz CT molecular complexity index is 350. The van der Waals surface area contributed by atoms with Crippen LogP contribution >= 0.6 is 0 Å². The van der Waals surface area contributed by atoms with Gasteiger partial charge in [0, 0.05) is 38.3 Å². The highest BCUT2D eigenvalue weighted by Crippen LogP contribution is 2.13. The quantitative estimate of drug-likeness (QED) is 0.554. The van der Waals surface area contributed by atoms with E-state index in [0.29, 0.717) is 0 Å². The Kier molecular flexibility index (Phi) is 2.80. The molecular weight excluding hydrogens is 192 g/mol. The molecule has 1 N–H and O–H groups in total. The van der Waals surface area contributed by atoms with Gasteiger partial charge in [-0.1, -0.05) is 5.16 Å². The maximum atomic E-state index is 8.62. The topological polar surface area (TPSA) is 61.6 Å². The highest BCUT2D eigenvalue weighted by molar-refractivity contribution is 5.85. The lowest BCUT2D eigenvalue weighted by atomic mass is 10.1. The third kappa shape index (κ3) is 2.23. The lowest BCUT2D eigenvalue weighted by molar-refractivity contribution is 0.315. The summed E-state index contributed by atoms with van der Waals surface area (Å²) in [6.45, 7) is 3.61. The third-order valence-corrected chi connectivity index (χ3v) is 2.53. The predicted octanol–water partition coefficient (Wildman–Crippen LogP) is 1.22. The summed E-state index contributed by atoms with van der Waals surface area (Å²) in [5, 5.41) is 11.9. The molecule has 5 heteroatoms. The van der Waals surface area contributed by atoms with Gasteiger partial charge in [-0.25, -0.2) is 9.97 Å². The van der Waals surface area contributed by atoms with Crippen molar-refractivity contribution in [3.63, 3.8) is 0 Å². The first-order chi connectivity index (χ1) is 7.29. The normalized spacial score (nSPS) is 16.6. The fourth-order valence-electron chi connectivity index (χ4n) is 1.61. The first-order valence-electron chi connectivity index (χ1n) is 5.03. The summed E-state index contributed by atoms with van der Waals surface area (Å²) in [5.74, 6) is 0.762. The largest absolute Gasteiger partial charge is 0.411 e. The van der Waals surface area contributed by atoms with Crippen molar-refractivity contribution in [2.45, 2.75) is 19.8 Å². The summed E-state index contributed by atoms with van der Waals surface area (Å²) in [7, 11) is 0. The van der Waals surface area contributed by atoms with Crippen LogP contribution in [0.4, 0.5) is 5.95 Å². The lowest BCUT2D eigenvalue weighted by Crippen LogP contribution is -2.35. The Morgan fingerprint density at radius 1 is 1.27 bits per heavy atom. The molecule has 0 spiro atoms. The fraction of sp³-hybridized carbons (Fsp3) is 0.500. The number of aryl methyl sites for hydroxylation is 1. The maximum absolute atomic E-state index is 8.62. The Balaban J connectivity index is 2.04. The first kappa shape index (κ1) is 9.89. The second kappa shape index (κ2) is 4.25. The van der Waals surface area contributed by atoms with E-state index in [1.165, 1.54) is 0 Å². The summed E-state index contributed by atoms with van der Waals surface area (Å²) in [6, 6.07) is 0. The van der Waals surface area contributed by atoms with Crippen LogP contribution < -0.4 is 4.90 Å². The van der Waals surface area contributed by atoms with E-state index in [-0.39, 0.29) is 0 Å². The number of oxime groups is 1. The van der Waals surface area contributed by atoms with E-state index in [4.69, 9.17) is 5.21 Å². The van der Waals surface area contributed by atoms with Crippen LogP contribution in [0.3, 0.4) is 0 Å². The average Bonchev–Trinajstić information content (AvgIpc) is 2.30. The van der Waals surface area contributed by atoms with Crippen LogP contribution in [-0.4, -0.2) is 34.0 Å². The molecule has 2 heterocycles. The Morgan fingerprint density at radius 2 is 1.87 bits per heavy atom. The molecule has 0 aliphatic carbocycles. The standard InChI is InChI=1S/C10H14N4O/c1-8-6-11-10(12-7-8)14-4-2-9(13-15)3-5-14/h6-7,15H,2-5H2,1H3. The van der Waals surface area contributed by atoms with Crippen molar-refractivity contribution in [3.05, 3.63) is 18.0 Å². The van der Waals surface area contributed by atoms with Gasteiger partial charge < -0.3 is 10.1 Å². The van der Waals surface area contributed by atoms with Crippen molar-refractivity contribution in [1.29, 1.82) is 0 Å². The van der Waals surface area contributed by atoms with Crippen molar-refractivity contribution in [1.82, 2.24) is 9.97 Å². The second-order valence-electron chi connectivity index (χ2n) is 3.71. The number of hydrogen-bond acceptors (Lipinski definition) is 5. The average molecular weight is 206 g/mol. The highest BCUT2D eigenvalue weighted by atomic mass is 16.4. The van der Waals surface area contributed by atoms with Crippen LogP contribution in [0.1, 0.15) is 18.4 Å². The van der Waals surface area contributed by atoms with E-state index >= 15 is 0 Å². The summed E-state index contributed by atoms with van der Waals surface area (Å²) in [6.07, 6.45) is 5.21. The van der Waals surface area contributed by atoms with Crippen molar-refractivity contribution in [3.8, 4) is 0 Å². The molecule has 1 aromatic rings. The molecule has 1 aliphatic rings. The number of anilines is 1. The SMILES string of the molecule is Cc1cnc(N2CCC(=NO)CC2)nc1. The summed E-state index contributed by atoms with van der Waals surface area (Å²) in [5.41, 5.74) is 1.92. The van der Waals surface area contributed by atoms with Gasteiger partial charge in [-0.15, -0.1) is 0 Å². The van der Waals surface area contributed by atoms with Crippen LogP contribution in [0.15, 0.2) is 17.5 Å². The minimum atomic E-state index is 0.762. The molecule has 0 amide bonds. The molecule has 0 radical (unpaired) electrons. The van der Waals surface area contributed by atoms with Crippen molar-refractivity contribution >= 4 is 11.7 Å². The molecular formula is C10H14N4O. The van der Waals surface area contributed by atoms with E-state index in [9.17, 15) is 0 Å². The van der Waals surface area contributed by atoms with E-state index in [1.807, 2.05) is 19.3 Å². The number of hydrogen-bond donors (Lipinski definition) is 1. The van der Waals surface area contributed by atoms with Gasteiger partial charge in [0.1, 0.15) is 0 Å². The van der Waals surface area contributed by atoms with Crippen LogP contribution in [-0.2, 0) is 0 Å². The molecule has 0 saturated carbocycles. The number of piperidine rings is 1. The fourth-order valence-corrected chi connectivity index (χ4v) is 1.61. The molecule has 1 fully saturated rings. The monoisotopic (exact) mass is 206 g/mol.